The third-order valence-electron chi connectivity index (χ3n) is 4.19. The molecule has 104 valence electrons. The normalized spacial score (nSPS) is 36.6. The van der Waals surface area contributed by atoms with Crippen molar-refractivity contribution in [2.24, 2.45) is 5.92 Å². The minimum absolute atomic E-state index is 0.0385. The Balaban J connectivity index is 1.77. The van der Waals surface area contributed by atoms with E-state index in [4.69, 9.17) is 0 Å². The zero-order chi connectivity index (χ0) is 13.0. The summed E-state index contributed by atoms with van der Waals surface area (Å²) in [6.45, 7) is 5.38. The molecule has 2 aliphatic rings. The molecule has 1 saturated carbocycles. The number of amides is 1. The molecule has 1 heterocycles. The molecule has 4 heteroatoms. The minimum Gasteiger partial charge on any atom is -0.352 e. The number of carbonyl (C=O) groups excluding carboxylic acids is 1. The Morgan fingerprint density at radius 2 is 2.22 bits per heavy atom. The van der Waals surface area contributed by atoms with Gasteiger partial charge in [0.25, 0.3) is 0 Å². The number of hydrogen-bond donors (Lipinski definition) is 2. The van der Waals surface area contributed by atoms with Crippen LogP contribution in [0.25, 0.3) is 0 Å². The molecule has 2 fully saturated rings. The fourth-order valence-corrected chi connectivity index (χ4v) is 4.29. The Bertz CT molecular complexity index is 285. The molecule has 1 saturated heterocycles. The molecular formula is C14H26N2OS. The highest BCUT2D eigenvalue weighted by molar-refractivity contribution is 7.99. The molecule has 0 radical (unpaired) electrons. The predicted octanol–water partition coefficient (Wildman–Crippen LogP) is 2.16. The van der Waals surface area contributed by atoms with Crippen molar-refractivity contribution < 1.29 is 4.79 Å². The Morgan fingerprint density at radius 1 is 1.39 bits per heavy atom. The monoisotopic (exact) mass is 270 g/mol. The van der Waals surface area contributed by atoms with Crippen LogP contribution in [-0.4, -0.2) is 35.5 Å². The number of hydrogen-bond acceptors (Lipinski definition) is 3. The molecule has 2 N–H and O–H groups in total. The third-order valence-corrected chi connectivity index (χ3v) is 5.42. The highest BCUT2D eigenvalue weighted by Gasteiger charge is 2.31. The average Bonchev–Trinajstić information content (AvgIpc) is 2.77. The van der Waals surface area contributed by atoms with E-state index in [9.17, 15) is 4.79 Å². The van der Waals surface area contributed by atoms with E-state index in [2.05, 4.69) is 24.5 Å². The quantitative estimate of drug-likeness (QED) is 0.822. The van der Waals surface area contributed by atoms with Gasteiger partial charge in [0.2, 0.25) is 5.91 Å². The number of nitrogens with one attached hydrogen (secondary N) is 2. The molecule has 2 rings (SSSR count). The van der Waals surface area contributed by atoms with Gasteiger partial charge in [-0.3, -0.25) is 4.79 Å². The van der Waals surface area contributed by atoms with E-state index in [1.54, 1.807) is 0 Å². The molecule has 0 aromatic carbocycles. The van der Waals surface area contributed by atoms with Gasteiger partial charge < -0.3 is 10.6 Å². The van der Waals surface area contributed by atoms with E-state index >= 15 is 0 Å². The summed E-state index contributed by atoms with van der Waals surface area (Å²) in [4.78, 5) is 12.2. The Hall–Kier alpha value is -0.220. The van der Waals surface area contributed by atoms with Crippen LogP contribution in [0, 0.1) is 5.92 Å². The van der Waals surface area contributed by atoms with E-state index < -0.39 is 0 Å². The molecule has 1 aliphatic heterocycles. The molecule has 0 spiro atoms. The van der Waals surface area contributed by atoms with Crippen molar-refractivity contribution >= 4 is 17.7 Å². The molecule has 0 aromatic heterocycles. The maximum absolute atomic E-state index is 12.2. The van der Waals surface area contributed by atoms with Crippen molar-refractivity contribution in [3.63, 3.8) is 0 Å². The van der Waals surface area contributed by atoms with Gasteiger partial charge in [0.15, 0.2) is 0 Å². The summed E-state index contributed by atoms with van der Waals surface area (Å²) in [6.07, 6.45) is 5.95. The highest BCUT2D eigenvalue weighted by atomic mass is 32.2. The average molecular weight is 270 g/mol. The van der Waals surface area contributed by atoms with Gasteiger partial charge in [-0.15, -0.1) is 0 Å². The second-order valence-electron chi connectivity index (χ2n) is 5.65. The predicted molar refractivity (Wildman–Crippen MR) is 77.9 cm³/mol. The fraction of sp³-hybridized carbons (Fsp3) is 0.929. The summed E-state index contributed by atoms with van der Waals surface area (Å²) in [5.74, 6) is 1.89. The topological polar surface area (TPSA) is 41.1 Å². The molecule has 4 atom stereocenters. The molecular weight excluding hydrogens is 244 g/mol. The highest BCUT2D eigenvalue weighted by Crippen LogP contribution is 2.29. The number of carbonyl (C=O) groups is 1. The first-order valence-electron chi connectivity index (χ1n) is 7.36. The van der Waals surface area contributed by atoms with E-state index in [1.807, 2.05) is 11.8 Å². The van der Waals surface area contributed by atoms with Crippen LogP contribution in [-0.2, 0) is 4.79 Å². The Kier molecular flexibility index (Phi) is 5.37. The van der Waals surface area contributed by atoms with Gasteiger partial charge in [0.1, 0.15) is 0 Å². The van der Waals surface area contributed by atoms with Crippen LogP contribution >= 0.6 is 11.8 Å². The molecule has 18 heavy (non-hydrogen) atoms. The lowest BCUT2D eigenvalue weighted by Gasteiger charge is -2.30. The van der Waals surface area contributed by atoms with Crippen LogP contribution in [0.4, 0.5) is 0 Å². The van der Waals surface area contributed by atoms with Crippen molar-refractivity contribution in [1.29, 1.82) is 0 Å². The molecule has 3 nitrogen and oxygen atoms in total. The van der Waals surface area contributed by atoms with Gasteiger partial charge in [-0.05, 0) is 50.3 Å². The van der Waals surface area contributed by atoms with Gasteiger partial charge in [-0.25, -0.2) is 0 Å². The number of piperidine rings is 1. The van der Waals surface area contributed by atoms with Crippen molar-refractivity contribution in [1.82, 2.24) is 10.6 Å². The standard InChI is InChI=1S/C14H26N2OS/c1-3-18-12-7-6-11(9-12)16-14(17)13-10(2)5-4-8-15-13/h10-13,15H,3-9H2,1-2H3,(H,16,17). The maximum Gasteiger partial charge on any atom is 0.237 e. The number of rotatable bonds is 4. The molecule has 0 aromatic rings. The van der Waals surface area contributed by atoms with Crippen LogP contribution < -0.4 is 10.6 Å². The summed E-state index contributed by atoms with van der Waals surface area (Å²) >= 11 is 2.04. The zero-order valence-corrected chi connectivity index (χ0v) is 12.4. The van der Waals surface area contributed by atoms with Crippen molar-refractivity contribution in [3.05, 3.63) is 0 Å². The van der Waals surface area contributed by atoms with Crippen LogP contribution in [0.3, 0.4) is 0 Å². The Labute approximate surface area is 115 Å². The molecule has 1 amide bonds. The molecule has 4 unspecified atom stereocenters. The lowest BCUT2D eigenvalue weighted by atomic mass is 9.92. The van der Waals surface area contributed by atoms with Gasteiger partial charge in [0.05, 0.1) is 6.04 Å². The summed E-state index contributed by atoms with van der Waals surface area (Å²) in [5.41, 5.74) is 0. The summed E-state index contributed by atoms with van der Waals surface area (Å²) in [5, 5.41) is 7.38. The van der Waals surface area contributed by atoms with Gasteiger partial charge in [-0.1, -0.05) is 13.8 Å². The van der Waals surface area contributed by atoms with Crippen molar-refractivity contribution in [2.75, 3.05) is 12.3 Å². The van der Waals surface area contributed by atoms with Crippen molar-refractivity contribution in [2.45, 2.75) is 63.3 Å². The van der Waals surface area contributed by atoms with Crippen molar-refractivity contribution in [3.8, 4) is 0 Å². The Morgan fingerprint density at radius 3 is 2.94 bits per heavy atom. The van der Waals surface area contributed by atoms with E-state index in [0.29, 0.717) is 12.0 Å². The van der Waals surface area contributed by atoms with Gasteiger partial charge >= 0.3 is 0 Å². The largest absolute Gasteiger partial charge is 0.352 e. The smallest absolute Gasteiger partial charge is 0.237 e. The van der Waals surface area contributed by atoms with Gasteiger partial charge in [0, 0.05) is 11.3 Å². The first kappa shape index (κ1) is 14.2. The van der Waals surface area contributed by atoms with Crippen LogP contribution in [0.5, 0.6) is 0 Å². The lowest BCUT2D eigenvalue weighted by Crippen LogP contribution is -2.52. The fourth-order valence-electron chi connectivity index (χ4n) is 3.15. The second-order valence-corrected chi connectivity index (χ2v) is 7.22. The third kappa shape index (κ3) is 3.64. The molecule has 1 aliphatic carbocycles. The summed E-state index contributed by atoms with van der Waals surface area (Å²) in [6, 6.07) is 0.453. The second kappa shape index (κ2) is 6.80. The summed E-state index contributed by atoms with van der Waals surface area (Å²) in [7, 11) is 0. The maximum atomic E-state index is 12.2. The zero-order valence-electron chi connectivity index (χ0n) is 11.6. The first-order valence-corrected chi connectivity index (χ1v) is 8.41. The first-order chi connectivity index (χ1) is 8.70. The summed E-state index contributed by atoms with van der Waals surface area (Å²) < 4.78 is 0. The van der Waals surface area contributed by atoms with Crippen LogP contribution in [0.15, 0.2) is 0 Å². The SMILES string of the molecule is CCSC1CCC(NC(=O)C2NCCCC2C)C1. The van der Waals surface area contributed by atoms with E-state index in [1.165, 1.54) is 25.0 Å². The van der Waals surface area contributed by atoms with Crippen LogP contribution in [0.2, 0.25) is 0 Å². The van der Waals surface area contributed by atoms with E-state index in [0.717, 1.165) is 24.6 Å². The minimum atomic E-state index is 0.0385. The van der Waals surface area contributed by atoms with Gasteiger partial charge in [-0.2, -0.15) is 11.8 Å². The lowest BCUT2D eigenvalue weighted by molar-refractivity contribution is -0.125. The number of thioether (sulfide) groups is 1. The molecule has 0 bridgehead atoms. The van der Waals surface area contributed by atoms with E-state index in [-0.39, 0.29) is 11.9 Å². The van der Waals surface area contributed by atoms with Crippen LogP contribution in [0.1, 0.15) is 46.0 Å².